The van der Waals surface area contributed by atoms with Gasteiger partial charge in [-0.2, -0.15) is 0 Å². The minimum atomic E-state index is -0.585. The van der Waals surface area contributed by atoms with Gasteiger partial charge in [-0.1, -0.05) is 17.4 Å². The predicted octanol–water partition coefficient (Wildman–Crippen LogP) is 2.85. The van der Waals surface area contributed by atoms with E-state index in [4.69, 9.17) is 0 Å². The second kappa shape index (κ2) is 6.62. The number of hydrogen-bond donors (Lipinski definition) is 1. The van der Waals surface area contributed by atoms with Gasteiger partial charge < -0.3 is 10.1 Å². The van der Waals surface area contributed by atoms with Gasteiger partial charge >= 0.3 is 5.97 Å². The van der Waals surface area contributed by atoms with E-state index in [1.165, 1.54) is 30.2 Å². The van der Waals surface area contributed by atoms with E-state index < -0.39 is 5.97 Å². The highest BCUT2D eigenvalue weighted by Crippen LogP contribution is 2.24. The lowest BCUT2D eigenvalue weighted by Crippen LogP contribution is -2.08. The Morgan fingerprint density at radius 3 is 2.85 bits per heavy atom. The lowest BCUT2D eigenvalue weighted by Gasteiger charge is -1.99. The molecule has 20 heavy (non-hydrogen) atoms. The first-order valence-corrected chi connectivity index (χ1v) is 7.67. The number of esters is 1. The van der Waals surface area contributed by atoms with Gasteiger partial charge in [0.15, 0.2) is 16.6 Å². The Morgan fingerprint density at radius 2 is 2.25 bits per heavy atom. The molecule has 0 radical (unpaired) electrons. The zero-order valence-corrected chi connectivity index (χ0v) is 12.8. The summed E-state index contributed by atoms with van der Waals surface area (Å²) in [4.78, 5) is 28.8. The van der Waals surface area contributed by atoms with E-state index in [0.717, 1.165) is 6.42 Å². The number of aromatic nitrogens is 1. The summed E-state index contributed by atoms with van der Waals surface area (Å²) in [6.07, 6.45) is 0.875. The number of nitrogens with one attached hydrogen (secondary N) is 1. The third kappa shape index (κ3) is 3.43. The van der Waals surface area contributed by atoms with E-state index in [1.807, 2.05) is 11.4 Å². The van der Waals surface area contributed by atoms with Crippen LogP contribution in [0.2, 0.25) is 0 Å². The highest BCUT2D eigenvalue weighted by atomic mass is 32.1. The number of ketones is 1. The molecule has 2 rings (SSSR count). The van der Waals surface area contributed by atoms with Crippen molar-refractivity contribution in [1.29, 1.82) is 0 Å². The first-order valence-electron chi connectivity index (χ1n) is 5.98. The molecule has 0 aliphatic rings. The Kier molecular flexibility index (Phi) is 4.86. The van der Waals surface area contributed by atoms with Crippen molar-refractivity contribution < 1.29 is 14.3 Å². The van der Waals surface area contributed by atoms with Crippen LogP contribution in [-0.2, 0) is 11.2 Å². The van der Waals surface area contributed by atoms with Crippen LogP contribution in [-0.4, -0.2) is 30.4 Å². The van der Waals surface area contributed by atoms with Gasteiger partial charge in [-0.3, -0.25) is 4.79 Å². The molecule has 0 amide bonds. The highest BCUT2D eigenvalue weighted by Gasteiger charge is 2.21. The second-order valence-electron chi connectivity index (χ2n) is 4.00. The number of carbonyl (C=O) groups is 2. The van der Waals surface area contributed by atoms with Crippen molar-refractivity contribution in [3.63, 3.8) is 0 Å². The molecule has 0 unspecified atom stereocenters. The molecule has 0 aromatic carbocycles. The first-order chi connectivity index (χ1) is 9.61. The number of ether oxygens (including phenoxy) is 1. The fourth-order valence-corrected chi connectivity index (χ4v) is 3.20. The van der Waals surface area contributed by atoms with Crippen molar-refractivity contribution in [3.8, 4) is 0 Å². The third-order valence-corrected chi connectivity index (χ3v) is 4.60. The Hall–Kier alpha value is -1.73. The molecule has 106 valence electrons. The highest BCUT2D eigenvalue weighted by molar-refractivity contribution is 7.17. The van der Waals surface area contributed by atoms with Crippen molar-refractivity contribution in [2.75, 3.05) is 19.0 Å². The summed E-state index contributed by atoms with van der Waals surface area (Å²) in [6, 6.07) is 4.07. The van der Waals surface area contributed by atoms with Crippen LogP contribution in [0.3, 0.4) is 0 Å². The Morgan fingerprint density at radius 1 is 1.45 bits per heavy atom. The lowest BCUT2D eigenvalue weighted by molar-refractivity contribution is 0.0591. The first kappa shape index (κ1) is 14.7. The van der Waals surface area contributed by atoms with Gasteiger partial charge in [-0.05, 0) is 17.9 Å². The van der Waals surface area contributed by atoms with E-state index in [9.17, 15) is 9.59 Å². The van der Waals surface area contributed by atoms with Gasteiger partial charge in [-0.15, -0.1) is 11.3 Å². The number of thiazole rings is 1. The molecule has 0 saturated carbocycles. The van der Waals surface area contributed by atoms with Crippen LogP contribution in [0, 0.1) is 0 Å². The minimum absolute atomic E-state index is 0.0867. The summed E-state index contributed by atoms with van der Waals surface area (Å²) in [5.41, 5.74) is 0.0867. The van der Waals surface area contributed by atoms with Gasteiger partial charge in [0.1, 0.15) is 4.88 Å². The molecule has 1 N–H and O–H groups in total. The fourth-order valence-electron chi connectivity index (χ4n) is 1.62. The van der Waals surface area contributed by atoms with Gasteiger partial charge in [0.25, 0.3) is 0 Å². The molecule has 0 aliphatic carbocycles. The molecule has 5 nitrogen and oxygen atoms in total. The Bertz CT molecular complexity index is 605. The van der Waals surface area contributed by atoms with Crippen LogP contribution in [0.15, 0.2) is 17.5 Å². The van der Waals surface area contributed by atoms with Gasteiger partial charge in [0, 0.05) is 18.3 Å². The maximum absolute atomic E-state index is 11.6. The predicted molar refractivity (Wildman–Crippen MR) is 80.0 cm³/mol. The number of Topliss-reactive ketones (excluding diaryl/α,β-unsaturated/α-hetero) is 1. The summed E-state index contributed by atoms with van der Waals surface area (Å²) >= 11 is 2.87. The molecule has 0 bridgehead atoms. The SMILES string of the molecule is COC(=O)c1nc(NCCc2cccs2)sc1C(C)=O. The fraction of sp³-hybridized carbons (Fsp3) is 0.308. The number of carbonyl (C=O) groups excluding carboxylic acids is 2. The van der Waals surface area contributed by atoms with Crippen molar-refractivity contribution in [2.24, 2.45) is 0 Å². The summed E-state index contributed by atoms with van der Waals surface area (Å²) in [5.74, 6) is -0.771. The van der Waals surface area contributed by atoms with E-state index in [-0.39, 0.29) is 11.5 Å². The van der Waals surface area contributed by atoms with Crippen molar-refractivity contribution in [2.45, 2.75) is 13.3 Å². The molecular formula is C13H14N2O3S2. The number of hydrogen-bond acceptors (Lipinski definition) is 7. The Balaban J connectivity index is 2.04. The van der Waals surface area contributed by atoms with Crippen LogP contribution in [0.1, 0.15) is 32.0 Å². The Labute approximate surface area is 124 Å². The second-order valence-corrected chi connectivity index (χ2v) is 6.03. The third-order valence-electron chi connectivity index (χ3n) is 2.55. The molecule has 0 atom stereocenters. The zero-order valence-electron chi connectivity index (χ0n) is 11.1. The maximum atomic E-state index is 11.6. The van der Waals surface area contributed by atoms with Crippen molar-refractivity contribution in [3.05, 3.63) is 33.0 Å². The minimum Gasteiger partial charge on any atom is -0.464 e. The molecule has 0 fully saturated rings. The molecule has 0 aliphatic heterocycles. The number of methoxy groups -OCH3 is 1. The average molecular weight is 310 g/mol. The van der Waals surface area contributed by atoms with Gasteiger partial charge in [-0.25, -0.2) is 9.78 Å². The van der Waals surface area contributed by atoms with E-state index in [1.54, 1.807) is 11.3 Å². The quantitative estimate of drug-likeness (QED) is 0.656. The number of anilines is 1. The molecule has 2 aromatic rings. The van der Waals surface area contributed by atoms with Crippen molar-refractivity contribution >= 4 is 39.6 Å². The zero-order chi connectivity index (χ0) is 14.5. The maximum Gasteiger partial charge on any atom is 0.358 e. The van der Waals surface area contributed by atoms with Crippen molar-refractivity contribution in [1.82, 2.24) is 4.98 Å². The number of rotatable bonds is 6. The summed E-state index contributed by atoms with van der Waals surface area (Å²) in [5, 5.41) is 5.72. The molecule has 7 heteroatoms. The van der Waals surface area contributed by atoms with Gasteiger partial charge in [0.05, 0.1) is 7.11 Å². The molecule has 0 spiro atoms. The lowest BCUT2D eigenvalue weighted by atomic mass is 10.3. The van der Waals surface area contributed by atoms with Crippen LogP contribution >= 0.6 is 22.7 Å². The van der Waals surface area contributed by atoms with Crippen LogP contribution in [0.4, 0.5) is 5.13 Å². The standard InChI is InChI=1S/C13H14N2O3S2/c1-8(16)11-10(12(17)18-2)15-13(20-11)14-6-5-9-4-3-7-19-9/h3-4,7H,5-6H2,1-2H3,(H,14,15). The largest absolute Gasteiger partial charge is 0.464 e. The number of thiophene rings is 1. The smallest absolute Gasteiger partial charge is 0.358 e. The van der Waals surface area contributed by atoms with Crippen LogP contribution in [0.25, 0.3) is 0 Å². The van der Waals surface area contributed by atoms with E-state index >= 15 is 0 Å². The normalized spacial score (nSPS) is 10.3. The topological polar surface area (TPSA) is 68.3 Å². The van der Waals surface area contributed by atoms with E-state index in [2.05, 4.69) is 21.1 Å². The van der Waals surface area contributed by atoms with Crippen LogP contribution in [0.5, 0.6) is 0 Å². The molecular weight excluding hydrogens is 296 g/mol. The average Bonchev–Trinajstić information content (AvgIpc) is 3.07. The summed E-state index contributed by atoms with van der Waals surface area (Å²) in [6.45, 7) is 2.11. The molecule has 0 saturated heterocycles. The molecule has 2 aromatic heterocycles. The monoisotopic (exact) mass is 310 g/mol. The summed E-state index contributed by atoms with van der Waals surface area (Å²) < 4.78 is 4.63. The molecule has 2 heterocycles. The summed E-state index contributed by atoms with van der Waals surface area (Å²) in [7, 11) is 1.27. The number of nitrogens with zero attached hydrogens (tertiary/aromatic N) is 1. The van der Waals surface area contributed by atoms with Gasteiger partial charge in [0.2, 0.25) is 0 Å². The van der Waals surface area contributed by atoms with Crippen LogP contribution < -0.4 is 5.32 Å². The van der Waals surface area contributed by atoms with E-state index in [0.29, 0.717) is 16.6 Å².